The number of nitrogens with zero attached hydrogens (tertiary/aromatic N) is 1. The zero-order valence-corrected chi connectivity index (χ0v) is 11.4. The van der Waals surface area contributed by atoms with E-state index in [1.807, 2.05) is 11.1 Å². The molecule has 18 heavy (non-hydrogen) atoms. The lowest BCUT2D eigenvalue weighted by Crippen LogP contribution is -2.50. The Kier molecular flexibility index (Phi) is 4.64. The van der Waals surface area contributed by atoms with E-state index in [1.165, 1.54) is 12.0 Å². The van der Waals surface area contributed by atoms with Gasteiger partial charge in [-0.3, -0.25) is 0 Å². The second-order valence-corrected chi connectivity index (χ2v) is 5.40. The zero-order chi connectivity index (χ0) is 13.0. The number of amides is 2. The highest BCUT2D eigenvalue weighted by Crippen LogP contribution is 2.22. The van der Waals surface area contributed by atoms with Gasteiger partial charge in [0.05, 0.1) is 13.2 Å². The van der Waals surface area contributed by atoms with E-state index in [0.29, 0.717) is 12.1 Å². The highest BCUT2D eigenvalue weighted by atomic mass is 16.5. The van der Waals surface area contributed by atoms with Crippen LogP contribution in [0.3, 0.4) is 0 Å². The number of carbonyl (C=O) groups is 1. The molecule has 4 heteroatoms. The van der Waals surface area contributed by atoms with Crippen molar-refractivity contribution in [2.24, 2.45) is 0 Å². The van der Waals surface area contributed by atoms with Crippen LogP contribution in [0.5, 0.6) is 0 Å². The van der Waals surface area contributed by atoms with Gasteiger partial charge in [-0.25, -0.2) is 4.79 Å². The Morgan fingerprint density at radius 2 is 1.89 bits per heavy atom. The molecule has 2 heterocycles. The molecule has 102 valence electrons. The Bertz CT molecular complexity index is 310. The Balaban J connectivity index is 1.89. The summed E-state index contributed by atoms with van der Waals surface area (Å²) in [6, 6.07) is 0.748. The van der Waals surface area contributed by atoms with Crippen molar-refractivity contribution in [3.8, 4) is 0 Å². The normalized spacial score (nSPS) is 29.0. The van der Waals surface area contributed by atoms with Gasteiger partial charge in [0.1, 0.15) is 0 Å². The first-order valence-electron chi connectivity index (χ1n) is 7.03. The topological polar surface area (TPSA) is 41.6 Å². The predicted molar refractivity (Wildman–Crippen MR) is 71.3 cm³/mol. The quantitative estimate of drug-likeness (QED) is 0.779. The molecule has 4 nitrogen and oxygen atoms in total. The zero-order valence-electron chi connectivity index (χ0n) is 11.4. The van der Waals surface area contributed by atoms with E-state index in [-0.39, 0.29) is 6.03 Å². The lowest BCUT2D eigenvalue weighted by atomic mass is 9.98. The van der Waals surface area contributed by atoms with Crippen molar-refractivity contribution < 1.29 is 9.53 Å². The molecule has 0 radical (unpaired) electrons. The summed E-state index contributed by atoms with van der Waals surface area (Å²) in [4.78, 5) is 14.2. The van der Waals surface area contributed by atoms with Crippen molar-refractivity contribution >= 4 is 6.03 Å². The molecule has 0 aliphatic carbocycles. The Morgan fingerprint density at radius 3 is 2.50 bits per heavy atom. The van der Waals surface area contributed by atoms with Crippen LogP contribution >= 0.6 is 0 Å². The average molecular weight is 252 g/mol. The molecule has 0 aromatic carbocycles. The molecule has 2 saturated heterocycles. The maximum Gasteiger partial charge on any atom is 0.321 e. The maximum atomic E-state index is 12.2. The van der Waals surface area contributed by atoms with Gasteiger partial charge < -0.3 is 15.0 Å². The number of ether oxygens (including phenoxy) is 1. The predicted octanol–water partition coefficient (Wildman–Crippen LogP) is 2.65. The minimum atomic E-state index is 0.0497. The number of rotatable bonds is 1. The summed E-state index contributed by atoms with van der Waals surface area (Å²) in [5, 5.41) is 2.95. The van der Waals surface area contributed by atoms with Crippen molar-refractivity contribution in [1.82, 2.24) is 10.2 Å². The molecular formula is C14H24N2O2. The Morgan fingerprint density at radius 1 is 1.28 bits per heavy atom. The molecule has 2 atom stereocenters. The summed E-state index contributed by atoms with van der Waals surface area (Å²) in [7, 11) is 0. The number of hydrogen-bond acceptors (Lipinski definition) is 2. The van der Waals surface area contributed by atoms with Gasteiger partial charge in [-0.05, 0) is 51.5 Å². The Hall–Kier alpha value is -1.03. The average Bonchev–Trinajstić information content (AvgIpc) is 2.37. The van der Waals surface area contributed by atoms with Gasteiger partial charge in [0.2, 0.25) is 0 Å². The first kappa shape index (κ1) is 13.4. The van der Waals surface area contributed by atoms with Crippen molar-refractivity contribution in [3.05, 3.63) is 11.8 Å². The molecule has 2 fully saturated rings. The fourth-order valence-corrected chi connectivity index (χ4v) is 2.84. The number of likely N-dealkylation sites (tertiary alicyclic amines) is 1. The van der Waals surface area contributed by atoms with Crippen LogP contribution in [0.25, 0.3) is 0 Å². The molecule has 2 amide bonds. The summed E-state index contributed by atoms with van der Waals surface area (Å²) in [6.07, 6.45) is 7.21. The van der Waals surface area contributed by atoms with Crippen LogP contribution in [0.2, 0.25) is 0 Å². The smallest absolute Gasteiger partial charge is 0.321 e. The van der Waals surface area contributed by atoms with E-state index in [9.17, 15) is 4.79 Å². The van der Waals surface area contributed by atoms with Crippen molar-refractivity contribution in [2.45, 2.75) is 58.0 Å². The molecule has 0 aromatic rings. The van der Waals surface area contributed by atoms with Crippen LogP contribution in [0.4, 0.5) is 4.79 Å². The van der Waals surface area contributed by atoms with Crippen molar-refractivity contribution in [2.75, 3.05) is 13.2 Å². The van der Waals surface area contributed by atoms with Gasteiger partial charge in [-0.1, -0.05) is 0 Å². The molecule has 2 rings (SSSR count). The molecule has 0 spiro atoms. The molecule has 2 aliphatic heterocycles. The standard InChI is InChI=1S/C14H24N2O2/c1-11-4-3-5-12(2)16(11)14(17)15-10-13-6-8-18-9-7-13/h10-12H,3-9H2,1-2H3,(H,15,17). The Labute approximate surface area is 109 Å². The van der Waals surface area contributed by atoms with Gasteiger partial charge >= 0.3 is 6.03 Å². The van der Waals surface area contributed by atoms with Crippen LogP contribution in [0.15, 0.2) is 11.8 Å². The first-order chi connectivity index (χ1) is 8.68. The van der Waals surface area contributed by atoms with Gasteiger partial charge in [0.15, 0.2) is 0 Å². The second kappa shape index (κ2) is 6.23. The lowest BCUT2D eigenvalue weighted by Gasteiger charge is -2.38. The van der Waals surface area contributed by atoms with E-state index < -0.39 is 0 Å². The molecular weight excluding hydrogens is 228 g/mol. The molecule has 0 bridgehead atoms. The number of piperidine rings is 1. The number of hydrogen-bond donors (Lipinski definition) is 1. The largest absolute Gasteiger partial charge is 0.381 e. The van der Waals surface area contributed by atoms with Gasteiger partial charge in [-0.2, -0.15) is 0 Å². The molecule has 0 saturated carbocycles. The van der Waals surface area contributed by atoms with Crippen LogP contribution in [-0.2, 0) is 4.74 Å². The summed E-state index contributed by atoms with van der Waals surface area (Å²) >= 11 is 0. The van der Waals surface area contributed by atoms with Gasteiger partial charge in [-0.15, -0.1) is 0 Å². The van der Waals surface area contributed by atoms with E-state index in [4.69, 9.17) is 4.74 Å². The lowest BCUT2D eigenvalue weighted by molar-refractivity contribution is 0.117. The highest BCUT2D eigenvalue weighted by Gasteiger charge is 2.28. The number of carbonyl (C=O) groups excluding carboxylic acids is 1. The molecule has 1 N–H and O–H groups in total. The minimum absolute atomic E-state index is 0.0497. The van der Waals surface area contributed by atoms with Crippen LogP contribution in [-0.4, -0.2) is 36.2 Å². The number of nitrogens with one attached hydrogen (secondary N) is 1. The molecule has 2 aliphatic rings. The van der Waals surface area contributed by atoms with E-state index in [1.54, 1.807) is 0 Å². The molecule has 0 aromatic heterocycles. The van der Waals surface area contributed by atoms with Gasteiger partial charge in [0, 0.05) is 18.3 Å². The second-order valence-electron chi connectivity index (χ2n) is 5.40. The molecule has 2 unspecified atom stereocenters. The van der Waals surface area contributed by atoms with Crippen molar-refractivity contribution in [3.63, 3.8) is 0 Å². The fourth-order valence-electron chi connectivity index (χ4n) is 2.84. The summed E-state index contributed by atoms with van der Waals surface area (Å²) in [5.74, 6) is 0. The van der Waals surface area contributed by atoms with Gasteiger partial charge in [0.25, 0.3) is 0 Å². The minimum Gasteiger partial charge on any atom is -0.381 e. The highest BCUT2D eigenvalue weighted by molar-refractivity contribution is 5.76. The SMILES string of the molecule is CC1CCCC(C)N1C(=O)NC=C1CCOCC1. The third-order valence-corrected chi connectivity index (χ3v) is 3.96. The third-order valence-electron chi connectivity index (χ3n) is 3.96. The van der Waals surface area contributed by atoms with Crippen LogP contribution in [0, 0.1) is 0 Å². The van der Waals surface area contributed by atoms with Crippen LogP contribution < -0.4 is 5.32 Å². The summed E-state index contributed by atoms with van der Waals surface area (Å²) in [5.41, 5.74) is 1.28. The fraction of sp³-hybridized carbons (Fsp3) is 0.786. The van der Waals surface area contributed by atoms with E-state index in [0.717, 1.165) is 38.9 Å². The summed E-state index contributed by atoms with van der Waals surface area (Å²) in [6.45, 7) is 5.82. The summed E-state index contributed by atoms with van der Waals surface area (Å²) < 4.78 is 5.29. The van der Waals surface area contributed by atoms with Crippen LogP contribution in [0.1, 0.15) is 46.0 Å². The van der Waals surface area contributed by atoms with E-state index in [2.05, 4.69) is 19.2 Å². The third kappa shape index (κ3) is 3.25. The number of urea groups is 1. The van der Waals surface area contributed by atoms with Crippen molar-refractivity contribution in [1.29, 1.82) is 0 Å². The first-order valence-corrected chi connectivity index (χ1v) is 7.03. The van der Waals surface area contributed by atoms with E-state index >= 15 is 0 Å². The maximum absolute atomic E-state index is 12.2. The monoisotopic (exact) mass is 252 g/mol.